The summed E-state index contributed by atoms with van der Waals surface area (Å²) in [5.74, 6) is 1.33. The van der Waals surface area contributed by atoms with Crippen molar-refractivity contribution >= 4 is 32.9 Å². The van der Waals surface area contributed by atoms with Crippen molar-refractivity contribution in [3.63, 3.8) is 0 Å². The first kappa shape index (κ1) is 12.0. The molecular weight excluding hydrogens is 290 g/mol. The van der Waals surface area contributed by atoms with E-state index in [1.165, 1.54) is 25.7 Å². The molecule has 2 N–H and O–H groups in total. The Labute approximate surface area is 116 Å². The molecule has 0 aliphatic heterocycles. The Bertz CT molecular complexity index is 576. The molecule has 1 heterocycles. The number of nitrogens with two attached hydrogens (primary N) is 1. The van der Waals surface area contributed by atoms with Gasteiger partial charge in [-0.15, -0.1) is 0 Å². The third-order valence-electron chi connectivity index (χ3n) is 4.08. The maximum absolute atomic E-state index is 6.13. The highest BCUT2D eigenvalue weighted by Gasteiger charge is 2.26. The molecule has 2 unspecified atom stereocenters. The Morgan fingerprint density at radius 2 is 2.11 bits per heavy atom. The number of nitrogen functional groups attached to an aromatic ring is 1. The lowest BCUT2D eigenvalue weighted by atomic mass is 9.85. The summed E-state index contributed by atoms with van der Waals surface area (Å²) in [5, 5.41) is 0. The zero-order chi connectivity index (χ0) is 12.7. The first-order valence-electron chi connectivity index (χ1n) is 6.60. The van der Waals surface area contributed by atoms with Gasteiger partial charge in [0.1, 0.15) is 0 Å². The smallest absolute Gasteiger partial charge is 0.201 e. The molecule has 0 amide bonds. The fourth-order valence-corrected chi connectivity index (χ4v) is 3.46. The van der Waals surface area contributed by atoms with E-state index in [-0.39, 0.29) is 0 Å². The van der Waals surface area contributed by atoms with Gasteiger partial charge in [0.2, 0.25) is 5.95 Å². The van der Waals surface area contributed by atoms with Crippen LogP contribution in [0.1, 0.15) is 38.6 Å². The molecule has 96 valence electrons. The van der Waals surface area contributed by atoms with Gasteiger partial charge in [-0.1, -0.05) is 35.7 Å². The quantitative estimate of drug-likeness (QED) is 0.860. The predicted octanol–water partition coefficient (Wildman–Crippen LogP) is 4.13. The Kier molecular flexibility index (Phi) is 3.06. The molecule has 1 saturated carbocycles. The van der Waals surface area contributed by atoms with E-state index < -0.39 is 0 Å². The Balaban J connectivity index is 2.14. The molecule has 1 aromatic heterocycles. The minimum atomic E-state index is 0.498. The normalized spacial score (nSPS) is 24.6. The lowest BCUT2D eigenvalue weighted by Gasteiger charge is -2.31. The molecule has 1 fully saturated rings. The second-order valence-corrected chi connectivity index (χ2v) is 6.22. The zero-order valence-corrected chi connectivity index (χ0v) is 12.2. The van der Waals surface area contributed by atoms with Crippen LogP contribution in [0.15, 0.2) is 22.7 Å². The van der Waals surface area contributed by atoms with E-state index in [1.807, 2.05) is 12.1 Å². The maximum Gasteiger partial charge on any atom is 0.201 e. The average Bonchev–Trinajstić information content (AvgIpc) is 2.66. The Hall–Kier alpha value is -1.03. The van der Waals surface area contributed by atoms with Crippen molar-refractivity contribution in [1.82, 2.24) is 9.55 Å². The molecule has 1 aliphatic rings. The standard InChI is InChI=1S/C14H18BrN3/c1-9-4-2-3-5-12(9)18-13-8-10(15)6-7-11(13)17-14(18)16/h6-9,12H,2-5H2,1H3,(H2,16,17). The summed E-state index contributed by atoms with van der Waals surface area (Å²) < 4.78 is 3.32. The molecule has 1 aliphatic carbocycles. The Morgan fingerprint density at radius 3 is 2.89 bits per heavy atom. The van der Waals surface area contributed by atoms with Gasteiger partial charge in [0.05, 0.1) is 11.0 Å². The number of imidazole rings is 1. The van der Waals surface area contributed by atoms with E-state index in [0.717, 1.165) is 15.5 Å². The predicted molar refractivity (Wildman–Crippen MR) is 78.5 cm³/mol. The summed E-state index contributed by atoms with van der Waals surface area (Å²) >= 11 is 3.53. The second-order valence-electron chi connectivity index (χ2n) is 5.30. The second kappa shape index (κ2) is 4.57. The molecule has 0 spiro atoms. The van der Waals surface area contributed by atoms with Gasteiger partial charge in [0.25, 0.3) is 0 Å². The third kappa shape index (κ3) is 1.92. The van der Waals surface area contributed by atoms with Crippen molar-refractivity contribution in [3.8, 4) is 0 Å². The number of hydrogen-bond donors (Lipinski definition) is 1. The summed E-state index contributed by atoms with van der Waals surface area (Å²) in [6.07, 6.45) is 5.14. The fraction of sp³-hybridized carbons (Fsp3) is 0.500. The van der Waals surface area contributed by atoms with E-state index in [1.54, 1.807) is 0 Å². The topological polar surface area (TPSA) is 43.8 Å². The highest BCUT2D eigenvalue weighted by molar-refractivity contribution is 9.10. The van der Waals surface area contributed by atoms with Crippen LogP contribution in [0, 0.1) is 5.92 Å². The van der Waals surface area contributed by atoms with Gasteiger partial charge in [0, 0.05) is 10.5 Å². The molecule has 0 bridgehead atoms. The molecular formula is C14H18BrN3. The summed E-state index contributed by atoms with van der Waals surface area (Å²) in [6, 6.07) is 6.67. The van der Waals surface area contributed by atoms with Gasteiger partial charge >= 0.3 is 0 Å². The number of benzene rings is 1. The van der Waals surface area contributed by atoms with Gasteiger partial charge in [-0.25, -0.2) is 4.98 Å². The summed E-state index contributed by atoms with van der Waals surface area (Å²) in [7, 11) is 0. The van der Waals surface area contributed by atoms with Crippen LogP contribution in [-0.2, 0) is 0 Å². The first-order valence-corrected chi connectivity index (χ1v) is 7.39. The van der Waals surface area contributed by atoms with Crippen LogP contribution in [-0.4, -0.2) is 9.55 Å². The van der Waals surface area contributed by atoms with Crippen molar-refractivity contribution < 1.29 is 0 Å². The van der Waals surface area contributed by atoms with Gasteiger partial charge in [-0.3, -0.25) is 0 Å². The van der Waals surface area contributed by atoms with Gasteiger partial charge in [-0.2, -0.15) is 0 Å². The van der Waals surface area contributed by atoms with E-state index in [4.69, 9.17) is 5.73 Å². The van der Waals surface area contributed by atoms with Crippen LogP contribution in [0.5, 0.6) is 0 Å². The van der Waals surface area contributed by atoms with Crippen molar-refractivity contribution in [1.29, 1.82) is 0 Å². The third-order valence-corrected chi connectivity index (χ3v) is 4.57. The monoisotopic (exact) mass is 307 g/mol. The van der Waals surface area contributed by atoms with Gasteiger partial charge in [-0.05, 0) is 37.0 Å². The molecule has 4 heteroatoms. The van der Waals surface area contributed by atoms with Crippen LogP contribution in [0.3, 0.4) is 0 Å². The molecule has 0 saturated heterocycles. The molecule has 2 aromatic rings. The minimum Gasteiger partial charge on any atom is -0.369 e. The number of halogens is 1. The minimum absolute atomic E-state index is 0.498. The van der Waals surface area contributed by atoms with Crippen LogP contribution >= 0.6 is 15.9 Å². The van der Waals surface area contributed by atoms with Gasteiger partial charge < -0.3 is 10.3 Å². The van der Waals surface area contributed by atoms with E-state index in [0.29, 0.717) is 17.9 Å². The number of anilines is 1. The summed E-state index contributed by atoms with van der Waals surface area (Å²) in [4.78, 5) is 4.48. The molecule has 1 aromatic carbocycles. The van der Waals surface area contributed by atoms with Crippen molar-refractivity contribution in [2.45, 2.75) is 38.6 Å². The number of hydrogen-bond acceptors (Lipinski definition) is 2. The molecule has 3 nitrogen and oxygen atoms in total. The number of nitrogens with zero attached hydrogens (tertiary/aromatic N) is 2. The lowest BCUT2D eigenvalue weighted by Crippen LogP contribution is -2.22. The molecule has 0 radical (unpaired) electrons. The summed E-state index contributed by atoms with van der Waals surface area (Å²) in [5.41, 5.74) is 8.28. The summed E-state index contributed by atoms with van der Waals surface area (Å²) in [6.45, 7) is 2.33. The van der Waals surface area contributed by atoms with Crippen molar-refractivity contribution in [2.24, 2.45) is 5.92 Å². The van der Waals surface area contributed by atoms with Crippen LogP contribution in [0.25, 0.3) is 11.0 Å². The molecule has 18 heavy (non-hydrogen) atoms. The first-order chi connectivity index (χ1) is 8.66. The number of rotatable bonds is 1. The maximum atomic E-state index is 6.13. The van der Waals surface area contributed by atoms with Crippen molar-refractivity contribution in [3.05, 3.63) is 22.7 Å². The van der Waals surface area contributed by atoms with Crippen LogP contribution in [0.4, 0.5) is 5.95 Å². The highest BCUT2D eigenvalue weighted by atomic mass is 79.9. The van der Waals surface area contributed by atoms with Crippen molar-refractivity contribution in [2.75, 3.05) is 5.73 Å². The molecule has 2 atom stereocenters. The largest absolute Gasteiger partial charge is 0.369 e. The number of aromatic nitrogens is 2. The average molecular weight is 308 g/mol. The zero-order valence-electron chi connectivity index (χ0n) is 10.6. The fourth-order valence-electron chi connectivity index (χ4n) is 3.11. The molecule has 3 rings (SSSR count). The van der Waals surface area contributed by atoms with E-state index in [9.17, 15) is 0 Å². The SMILES string of the molecule is CC1CCCCC1n1c(N)nc2ccc(Br)cc21. The lowest BCUT2D eigenvalue weighted by molar-refractivity contribution is 0.264. The van der Waals surface area contributed by atoms with Gasteiger partial charge in [0.15, 0.2) is 0 Å². The van der Waals surface area contributed by atoms with Crippen LogP contribution in [0.2, 0.25) is 0 Å². The Morgan fingerprint density at radius 1 is 1.33 bits per heavy atom. The number of fused-ring (bicyclic) bond motifs is 1. The van der Waals surface area contributed by atoms with E-state index in [2.05, 4.69) is 38.5 Å². The van der Waals surface area contributed by atoms with E-state index >= 15 is 0 Å². The highest BCUT2D eigenvalue weighted by Crippen LogP contribution is 2.37. The van der Waals surface area contributed by atoms with Crippen LogP contribution < -0.4 is 5.73 Å².